The molecule has 0 saturated heterocycles. The summed E-state index contributed by atoms with van der Waals surface area (Å²) >= 11 is -1.65. The fraction of sp³-hybridized carbons (Fsp3) is 0.171. The van der Waals surface area contributed by atoms with E-state index in [-0.39, 0.29) is 5.43 Å². The van der Waals surface area contributed by atoms with Crippen molar-refractivity contribution in [3.63, 3.8) is 0 Å². The monoisotopic (exact) mass is 736 g/mol. The van der Waals surface area contributed by atoms with Crippen LogP contribution in [-0.2, 0) is 18.0 Å². The van der Waals surface area contributed by atoms with Crippen LogP contribution in [-0.4, -0.2) is 5.43 Å². The van der Waals surface area contributed by atoms with Crippen molar-refractivity contribution in [2.75, 3.05) is 0 Å². The van der Waals surface area contributed by atoms with Gasteiger partial charge in [0.15, 0.2) is 0 Å². The predicted octanol–water partition coefficient (Wildman–Crippen LogP) is 13.4. The second-order valence-electron chi connectivity index (χ2n) is 12.1. The Labute approximate surface area is 288 Å². The van der Waals surface area contributed by atoms with Crippen molar-refractivity contribution in [3.8, 4) is 33.6 Å². The number of halogens is 2. The molecule has 0 fully saturated rings. The van der Waals surface area contributed by atoms with Gasteiger partial charge in [0, 0.05) is 0 Å². The quantitative estimate of drug-likeness (QED) is 0.130. The molecular formula is C41H40Cl2OSiZr-2. The number of aryl methyl sites for hydroxylation is 3. The molecule has 0 aliphatic carbocycles. The van der Waals surface area contributed by atoms with Crippen LogP contribution in [0, 0.1) is 34.6 Å². The third kappa shape index (κ3) is 7.77. The maximum Gasteiger partial charge on any atom is 0.0896 e. The zero-order valence-electron chi connectivity index (χ0n) is 27.6. The molecule has 0 unspecified atom stereocenters. The fourth-order valence-corrected chi connectivity index (χ4v) is 5.82. The summed E-state index contributed by atoms with van der Waals surface area (Å²) in [7, 11) is 11.2. The van der Waals surface area contributed by atoms with Crippen LogP contribution in [0.15, 0.2) is 120 Å². The number of rotatable bonds is 3. The Bertz CT molecular complexity index is 2110. The van der Waals surface area contributed by atoms with E-state index in [2.05, 4.69) is 144 Å². The van der Waals surface area contributed by atoms with Gasteiger partial charge in [-0.1, -0.05) is 94.0 Å². The van der Waals surface area contributed by atoms with Crippen LogP contribution in [0.2, 0.25) is 13.1 Å². The molecule has 0 spiro atoms. The first-order valence-corrected chi connectivity index (χ1v) is 28.1. The van der Waals surface area contributed by atoms with Gasteiger partial charge < -0.3 is 4.42 Å². The minimum absolute atomic E-state index is 0.224. The molecule has 7 rings (SSSR count). The second-order valence-corrected chi connectivity index (χ2v) is 35.0. The Morgan fingerprint density at radius 2 is 1.15 bits per heavy atom. The first-order chi connectivity index (χ1) is 22.0. The Balaban J connectivity index is 0.000000159. The van der Waals surface area contributed by atoms with Gasteiger partial charge in [-0.15, -0.1) is 51.9 Å². The molecule has 0 amide bonds. The molecule has 46 heavy (non-hydrogen) atoms. The summed E-state index contributed by atoms with van der Waals surface area (Å²) in [6.45, 7) is 15.1. The molecule has 0 N–H and O–H groups in total. The first kappa shape index (κ1) is 34.4. The van der Waals surface area contributed by atoms with E-state index in [9.17, 15) is 0 Å². The van der Waals surface area contributed by atoms with Crippen LogP contribution in [0.25, 0.3) is 55.1 Å². The molecule has 1 heterocycles. The maximum absolute atomic E-state index is 5.81. The average molecular weight is 739 g/mol. The van der Waals surface area contributed by atoms with E-state index in [0.717, 1.165) is 17.1 Å². The van der Waals surface area contributed by atoms with Crippen molar-refractivity contribution in [2.45, 2.75) is 47.7 Å². The van der Waals surface area contributed by atoms with Gasteiger partial charge in [0.2, 0.25) is 0 Å². The molecule has 0 aliphatic rings. The van der Waals surface area contributed by atoms with E-state index in [1.54, 1.807) is 0 Å². The second kappa shape index (κ2) is 15.3. The summed E-state index contributed by atoms with van der Waals surface area (Å²) in [6, 6.07) is 40.9. The smallest absolute Gasteiger partial charge is 0.0896 e. The van der Waals surface area contributed by atoms with Crippen molar-refractivity contribution in [1.29, 1.82) is 0 Å². The largest absolute Gasteiger partial charge is 0.496 e. The minimum Gasteiger partial charge on any atom is -0.496 e. The molecule has 1 nitrogen and oxygen atoms in total. The van der Waals surface area contributed by atoms with Gasteiger partial charge in [-0.3, -0.25) is 0 Å². The number of hydrogen-bond donors (Lipinski definition) is 0. The molecule has 1 aromatic heterocycles. The van der Waals surface area contributed by atoms with Gasteiger partial charge in [0.25, 0.3) is 0 Å². The Hall–Kier alpha value is -2.94. The van der Waals surface area contributed by atoms with E-state index in [4.69, 9.17) is 21.4 Å². The Kier molecular flexibility index (Phi) is 11.4. The average Bonchev–Trinajstić information content (AvgIpc) is 3.80. The topological polar surface area (TPSA) is 13.1 Å². The van der Waals surface area contributed by atoms with Crippen molar-refractivity contribution < 1.29 is 22.4 Å². The number of furan rings is 1. The summed E-state index contributed by atoms with van der Waals surface area (Å²) < 4.78 is 5.81. The van der Waals surface area contributed by atoms with Crippen molar-refractivity contribution in [2.24, 2.45) is 0 Å². The summed E-state index contributed by atoms with van der Waals surface area (Å²) in [5.41, 5.74) is 11.6. The molecule has 0 radical (unpaired) electrons. The fourth-order valence-electron chi connectivity index (χ4n) is 5.82. The third-order valence-electron chi connectivity index (χ3n) is 8.52. The van der Waals surface area contributed by atoms with E-state index < -0.39 is 18.0 Å². The zero-order chi connectivity index (χ0) is 33.0. The van der Waals surface area contributed by atoms with E-state index in [1.165, 1.54) is 66.1 Å². The van der Waals surface area contributed by atoms with Gasteiger partial charge in [0.05, 0.1) is 11.5 Å². The zero-order valence-corrected chi connectivity index (χ0v) is 32.6. The van der Waals surface area contributed by atoms with Crippen LogP contribution in [0.3, 0.4) is 0 Å². The molecular weight excluding hydrogens is 699 g/mol. The van der Waals surface area contributed by atoms with Crippen LogP contribution >= 0.6 is 17.0 Å². The Morgan fingerprint density at radius 3 is 1.65 bits per heavy atom. The molecule has 7 aromatic rings. The van der Waals surface area contributed by atoms with Gasteiger partial charge >= 0.3 is 53.5 Å². The molecule has 0 aliphatic heterocycles. The van der Waals surface area contributed by atoms with E-state index in [1.807, 2.05) is 19.1 Å². The van der Waals surface area contributed by atoms with Crippen molar-refractivity contribution in [1.82, 2.24) is 0 Å². The van der Waals surface area contributed by atoms with Crippen molar-refractivity contribution >= 4 is 44.0 Å². The third-order valence-corrected chi connectivity index (χ3v) is 28.3. The molecule has 234 valence electrons. The van der Waals surface area contributed by atoms with Crippen LogP contribution in [0.1, 0.15) is 28.0 Å². The van der Waals surface area contributed by atoms with Crippen molar-refractivity contribution in [3.05, 3.63) is 143 Å². The van der Waals surface area contributed by atoms with E-state index in [0.29, 0.717) is 0 Å². The summed E-state index contributed by atoms with van der Waals surface area (Å²) in [5.74, 6) is 1.88. The summed E-state index contributed by atoms with van der Waals surface area (Å²) in [4.78, 5) is 0. The van der Waals surface area contributed by atoms with Gasteiger partial charge in [-0.2, -0.15) is 12.1 Å². The van der Waals surface area contributed by atoms with E-state index >= 15 is 0 Å². The molecule has 0 atom stereocenters. The number of hydrogen-bond acceptors (Lipinski definition) is 1. The first-order valence-electron chi connectivity index (χ1n) is 15.6. The van der Waals surface area contributed by atoms with Gasteiger partial charge in [-0.25, -0.2) is 0 Å². The molecule has 0 bridgehead atoms. The maximum atomic E-state index is 5.81. The SMILES string of the molecule is C[Si](C)=[Zr]([Cl])[Cl].Cc1cc2[cH-]ccc2c(-c2ccccc2)c1C.Cc1ccc(-c2cc3c(-c4ccccc4)c(C)c(C)cc3[cH-]2)o1. The van der Waals surface area contributed by atoms with Crippen LogP contribution in [0.5, 0.6) is 0 Å². The summed E-state index contributed by atoms with van der Waals surface area (Å²) in [6.07, 6.45) is 0. The summed E-state index contributed by atoms with van der Waals surface area (Å²) in [5, 5.41) is 5.27. The molecule has 0 saturated carbocycles. The van der Waals surface area contributed by atoms with Gasteiger partial charge in [-0.05, 0) is 63.4 Å². The number of benzene rings is 4. The van der Waals surface area contributed by atoms with Crippen LogP contribution < -0.4 is 0 Å². The Morgan fingerprint density at radius 1 is 0.630 bits per heavy atom. The molecule has 5 heteroatoms. The predicted molar refractivity (Wildman–Crippen MR) is 201 cm³/mol. The number of fused-ring (bicyclic) bond motifs is 2. The van der Waals surface area contributed by atoms with Gasteiger partial charge in [0.1, 0.15) is 0 Å². The van der Waals surface area contributed by atoms with Crippen LogP contribution in [0.4, 0.5) is 0 Å². The standard InChI is InChI=1S/C22H19O.C17H15.C2H6Si.2ClH.Zr/c1-14-11-18-12-19(21-10-9-15(2)23-21)13-20(18)22(16(14)3)17-7-5-4-6-8-17;1-12-11-15-9-6-10-16(15)17(13(12)2)14-7-4-3-5-8-14;1-3-2;;;/h4-13H,1-3H3;3-11H,1-2H3;1-2H3;2*1H;/q2*-1;;;;+2/p-2. The molecule has 6 aromatic carbocycles. The minimum atomic E-state index is -1.65. The normalized spacial score (nSPS) is 10.7.